The van der Waals surface area contributed by atoms with Crippen molar-refractivity contribution in [1.82, 2.24) is 0 Å². The topological polar surface area (TPSA) is 49.7 Å². The number of hydrogen-bond acceptors (Lipinski definition) is 4. The average Bonchev–Trinajstić information content (AvgIpc) is 3.03. The average molecular weight is 408 g/mol. The van der Waals surface area contributed by atoms with Gasteiger partial charge in [-0.25, -0.2) is 4.39 Å². The molecule has 0 saturated carbocycles. The molecule has 2 aromatic rings. The molecule has 0 fully saturated rings. The van der Waals surface area contributed by atoms with Crippen LogP contribution in [0.25, 0.3) is 0 Å². The van der Waals surface area contributed by atoms with Gasteiger partial charge in [-0.15, -0.1) is 0 Å². The van der Waals surface area contributed by atoms with E-state index in [0.29, 0.717) is 23.3 Å². The number of halogens is 1. The fraction of sp³-hybridized carbons (Fsp3) is 0.429. The third kappa shape index (κ3) is 4.32. The Morgan fingerprint density at radius 3 is 2.63 bits per heavy atom. The van der Waals surface area contributed by atoms with Gasteiger partial charge in [-0.2, -0.15) is 0 Å². The van der Waals surface area contributed by atoms with Crippen LogP contribution in [0.2, 0.25) is 0 Å². The fourth-order valence-corrected chi connectivity index (χ4v) is 4.74. The summed E-state index contributed by atoms with van der Waals surface area (Å²) < 4.78 is 29.3. The molecule has 0 radical (unpaired) electrons. The highest BCUT2D eigenvalue weighted by Gasteiger charge is 2.29. The van der Waals surface area contributed by atoms with E-state index in [1.165, 1.54) is 16.7 Å². The van der Waals surface area contributed by atoms with E-state index in [4.69, 9.17) is 9.29 Å². The predicted molar refractivity (Wildman–Crippen MR) is 111 cm³/mol. The zero-order chi connectivity index (χ0) is 19.7. The summed E-state index contributed by atoms with van der Waals surface area (Å²) in [7, 11) is -1.58. The van der Waals surface area contributed by atoms with Gasteiger partial charge < -0.3 is 14.2 Å². The molecule has 2 aromatic carbocycles. The van der Waals surface area contributed by atoms with Gasteiger partial charge in [-0.3, -0.25) is 0 Å². The fourth-order valence-electron chi connectivity index (χ4n) is 4.13. The smallest absolute Gasteiger partial charge is 0.153 e. The first kappa shape index (κ1) is 20.6. The summed E-state index contributed by atoms with van der Waals surface area (Å²) in [4.78, 5) is 9.51. The van der Waals surface area contributed by atoms with Crippen molar-refractivity contribution in [3.8, 4) is 5.75 Å². The molecule has 1 aliphatic carbocycles. The highest BCUT2D eigenvalue weighted by molar-refractivity contribution is 8.51. The summed E-state index contributed by atoms with van der Waals surface area (Å²) in [6, 6.07) is 7.66. The lowest BCUT2D eigenvalue weighted by Crippen LogP contribution is -2.05. The number of hydrogen-bond donors (Lipinski definition) is 2. The molecular weight excluding hydrogens is 382 g/mol. The van der Waals surface area contributed by atoms with Gasteiger partial charge in [0.2, 0.25) is 0 Å². The van der Waals surface area contributed by atoms with Crippen LogP contribution in [-0.2, 0) is 6.42 Å². The molecule has 0 saturated heterocycles. The first-order valence-electron chi connectivity index (χ1n) is 9.16. The largest absolute Gasteiger partial charge is 0.486 e. The van der Waals surface area contributed by atoms with Gasteiger partial charge in [0.05, 0.1) is 0 Å². The molecule has 0 heterocycles. The van der Waals surface area contributed by atoms with Crippen molar-refractivity contribution in [2.75, 3.05) is 6.35 Å². The van der Waals surface area contributed by atoms with Gasteiger partial charge in [-0.1, -0.05) is 19.9 Å². The molecule has 3 rings (SSSR count). The standard InChI is InChI=1S/C21H26FO3PS/c1-12(2)18-10-19(20(22)8-13(18)3)17-6-5-15-9-16(7-14(4)21(15)17)25-11-26(23)27-24/h7-10,12,17,23-24H,5-6,11H2,1-4H3. The van der Waals surface area contributed by atoms with Crippen LogP contribution in [0.3, 0.4) is 0 Å². The second-order valence-electron chi connectivity index (χ2n) is 7.50. The maximum Gasteiger partial charge on any atom is 0.153 e. The van der Waals surface area contributed by atoms with Gasteiger partial charge >= 0.3 is 0 Å². The molecule has 6 heteroatoms. The Labute approximate surface area is 165 Å². The highest BCUT2D eigenvalue weighted by atomic mass is 32.7. The SMILES string of the molecule is Cc1cc(F)c(C2CCc3cc(OCP(O)SO)cc(C)c32)cc1C(C)C. The molecule has 1 aliphatic rings. The number of aryl methyl sites for hydroxylation is 3. The summed E-state index contributed by atoms with van der Waals surface area (Å²) in [5.41, 5.74) is 6.45. The maximum absolute atomic E-state index is 14.8. The second-order valence-corrected chi connectivity index (χ2v) is 10.4. The maximum atomic E-state index is 14.8. The Bertz CT molecular complexity index is 841. The van der Waals surface area contributed by atoms with E-state index in [1.54, 1.807) is 6.07 Å². The predicted octanol–water partition coefficient (Wildman–Crippen LogP) is 6.49. The zero-order valence-electron chi connectivity index (χ0n) is 16.1. The van der Waals surface area contributed by atoms with Crippen LogP contribution in [0.15, 0.2) is 24.3 Å². The van der Waals surface area contributed by atoms with E-state index >= 15 is 0 Å². The second kappa shape index (κ2) is 8.48. The van der Waals surface area contributed by atoms with Gasteiger partial charge in [0, 0.05) is 17.6 Å². The normalized spacial score (nSPS) is 17.3. The Morgan fingerprint density at radius 1 is 1.22 bits per heavy atom. The number of fused-ring (bicyclic) bond motifs is 1. The van der Waals surface area contributed by atoms with Gasteiger partial charge in [0.15, 0.2) is 7.35 Å². The van der Waals surface area contributed by atoms with Crippen LogP contribution >= 0.6 is 19.0 Å². The van der Waals surface area contributed by atoms with Gasteiger partial charge in [-0.05, 0) is 84.2 Å². The summed E-state index contributed by atoms with van der Waals surface area (Å²) in [5, 5.41) is 0. The van der Waals surface area contributed by atoms with Crippen molar-refractivity contribution in [2.45, 2.75) is 52.4 Å². The van der Waals surface area contributed by atoms with Crippen molar-refractivity contribution < 1.29 is 18.6 Å². The monoisotopic (exact) mass is 408 g/mol. The lowest BCUT2D eigenvalue weighted by molar-refractivity contribution is 0.377. The first-order valence-corrected chi connectivity index (χ1v) is 12.0. The van der Waals surface area contributed by atoms with E-state index < -0.39 is 7.35 Å². The van der Waals surface area contributed by atoms with E-state index in [2.05, 4.69) is 19.9 Å². The van der Waals surface area contributed by atoms with Crippen LogP contribution in [-0.4, -0.2) is 15.8 Å². The molecular formula is C21H26FO3PS. The van der Waals surface area contributed by atoms with Crippen molar-refractivity contribution in [3.63, 3.8) is 0 Å². The lowest BCUT2D eigenvalue weighted by Gasteiger charge is -2.20. The lowest BCUT2D eigenvalue weighted by atomic mass is 9.86. The molecule has 3 nitrogen and oxygen atoms in total. The van der Waals surface area contributed by atoms with Gasteiger partial charge in [0.25, 0.3) is 0 Å². The minimum atomic E-state index is -1.58. The van der Waals surface area contributed by atoms with E-state index in [-0.39, 0.29) is 18.1 Å². The summed E-state index contributed by atoms with van der Waals surface area (Å²) in [5.74, 6) is 0.991. The number of ether oxygens (including phenoxy) is 1. The van der Waals surface area contributed by atoms with E-state index in [9.17, 15) is 9.28 Å². The molecule has 27 heavy (non-hydrogen) atoms. The minimum absolute atomic E-state index is 0.0649. The molecule has 146 valence electrons. The molecule has 2 unspecified atom stereocenters. The van der Waals surface area contributed by atoms with Crippen molar-refractivity contribution >= 4 is 19.0 Å². The summed E-state index contributed by atoms with van der Waals surface area (Å²) in [6.07, 6.45) is 1.85. The molecule has 0 amide bonds. The van der Waals surface area contributed by atoms with Crippen LogP contribution in [0.1, 0.15) is 65.5 Å². The Kier molecular flexibility index (Phi) is 6.47. The molecule has 0 aliphatic heterocycles. The Morgan fingerprint density at radius 2 is 1.96 bits per heavy atom. The number of benzene rings is 2. The van der Waals surface area contributed by atoms with Crippen LogP contribution in [0, 0.1) is 19.7 Å². The molecule has 2 atom stereocenters. The van der Waals surface area contributed by atoms with Crippen molar-refractivity contribution in [2.24, 2.45) is 0 Å². The minimum Gasteiger partial charge on any atom is -0.486 e. The van der Waals surface area contributed by atoms with Crippen LogP contribution < -0.4 is 4.74 Å². The Balaban J connectivity index is 1.94. The Hall–Kier alpha value is -1.13. The third-order valence-corrected chi connectivity index (χ3v) is 6.74. The number of rotatable bonds is 6. The van der Waals surface area contributed by atoms with Crippen molar-refractivity contribution in [3.05, 3.63) is 63.5 Å². The van der Waals surface area contributed by atoms with E-state index in [0.717, 1.165) is 29.5 Å². The quantitative estimate of drug-likeness (QED) is 0.424. The molecule has 0 bridgehead atoms. The van der Waals surface area contributed by atoms with Gasteiger partial charge in [0.1, 0.15) is 17.9 Å². The van der Waals surface area contributed by atoms with Crippen molar-refractivity contribution in [1.29, 1.82) is 0 Å². The first-order chi connectivity index (χ1) is 12.8. The van der Waals surface area contributed by atoms with E-state index in [1.807, 2.05) is 26.0 Å². The molecule has 0 aromatic heterocycles. The highest BCUT2D eigenvalue weighted by Crippen LogP contribution is 2.45. The summed E-state index contributed by atoms with van der Waals surface area (Å²) >= 11 is 0.431. The molecule has 0 spiro atoms. The summed E-state index contributed by atoms with van der Waals surface area (Å²) in [6.45, 7) is 8.28. The van der Waals surface area contributed by atoms with Crippen LogP contribution in [0.4, 0.5) is 4.39 Å². The van der Waals surface area contributed by atoms with Crippen LogP contribution in [0.5, 0.6) is 5.75 Å². The zero-order valence-corrected chi connectivity index (χ0v) is 17.8. The molecule has 2 N–H and O–H groups in total. The third-order valence-electron chi connectivity index (χ3n) is 5.32.